The highest BCUT2D eigenvalue weighted by molar-refractivity contribution is 6.08. The van der Waals surface area contributed by atoms with Crippen molar-refractivity contribution < 1.29 is 14.3 Å². The van der Waals surface area contributed by atoms with E-state index in [0.717, 1.165) is 39.7 Å². The van der Waals surface area contributed by atoms with Crippen LogP contribution in [-0.2, 0) is 16.6 Å². The first-order chi connectivity index (χ1) is 17.3. The minimum Gasteiger partial charge on any atom is -0.454 e. The molecule has 1 aliphatic carbocycles. The third kappa shape index (κ3) is 4.72. The third-order valence-electron chi connectivity index (χ3n) is 6.69. The predicted octanol–water partition coefficient (Wildman–Crippen LogP) is 7.06. The molecule has 1 aromatic heterocycles. The number of esters is 1. The number of Topliss-reactive ketones (excluding diaryl/α,β-unsaturated/α-hetero) is 1. The Hall–Kier alpha value is -4.05. The van der Waals surface area contributed by atoms with E-state index in [9.17, 15) is 9.59 Å². The van der Waals surface area contributed by atoms with Gasteiger partial charge in [-0.3, -0.25) is 4.79 Å². The van der Waals surface area contributed by atoms with E-state index in [4.69, 9.17) is 9.72 Å². The Morgan fingerprint density at radius 3 is 2.31 bits per heavy atom. The molecule has 1 heterocycles. The van der Waals surface area contributed by atoms with Crippen LogP contribution in [0.5, 0.6) is 0 Å². The number of pyridine rings is 1. The molecule has 0 bridgehead atoms. The Morgan fingerprint density at radius 2 is 1.58 bits per heavy atom. The minimum absolute atomic E-state index is 0.100. The number of carbonyl (C=O) groups is 2. The fourth-order valence-corrected chi connectivity index (χ4v) is 4.70. The molecule has 36 heavy (non-hydrogen) atoms. The highest BCUT2D eigenvalue weighted by Gasteiger charge is 2.28. The van der Waals surface area contributed by atoms with Crippen LogP contribution in [0.2, 0.25) is 0 Å². The van der Waals surface area contributed by atoms with Gasteiger partial charge in [0, 0.05) is 10.9 Å². The summed E-state index contributed by atoms with van der Waals surface area (Å²) < 4.78 is 5.54. The molecule has 0 saturated heterocycles. The van der Waals surface area contributed by atoms with Crippen molar-refractivity contribution in [2.45, 2.75) is 39.0 Å². The quantitative estimate of drug-likeness (QED) is 0.229. The van der Waals surface area contributed by atoms with Crippen LogP contribution in [-0.4, -0.2) is 23.3 Å². The fraction of sp³-hybridized carbons (Fsp3) is 0.219. The highest BCUT2D eigenvalue weighted by atomic mass is 16.5. The summed E-state index contributed by atoms with van der Waals surface area (Å²) in [5, 5.41) is 0.754. The normalized spacial score (nSPS) is 14.1. The summed E-state index contributed by atoms with van der Waals surface area (Å²) in [5.74, 6) is -0.705. The van der Waals surface area contributed by atoms with E-state index in [1.54, 1.807) is 24.3 Å². The molecule has 0 unspecified atom stereocenters. The van der Waals surface area contributed by atoms with Gasteiger partial charge in [-0.2, -0.15) is 0 Å². The highest BCUT2D eigenvalue weighted by Crippen LogP contribution is 2.38. The van der Waals surface area contributed by atoms with Gasteiger partial charge in [-0.1, -0.05) is 93.6 Å². The number of ketones is 1. The van der Waals surface area contributed by atoms with E-state index < -0.39 is 5.97 Å². The second kappa shape index (κ2) is 9.54. The van der Waals surface area contributed by atoms with Gasteiger partial charge in [0.1, 0.15) is 0 Å². The first-order valence-electron chi connectivity index (χ1n) is 12.3. The molecular formula is C32H29NO3. The molecule has 0 amide bonds. The molecule has 0 fully saturated rings. The van der Waals surface area contributed by atoms with Crippen LogP contribution < -0.4 is 0 Å². The molecule has 0 spiro atoms. The van der Waals surface area contributed by atoms with E-state index in [1.807, 2.05) is 30.3 Å². The number of para-hydroxylation sites is 1. The first kappa shape index (κ1) is 23.7. The van der Waals surface area contributed by atoms with Crippen molar-refractivity contribution in [3.8, 4) is 0 Å². The molecule has 5 rings (SSSR count). The average Bonchev–Trinajstić information content (AvgIpc) is 3.27. The third-order valence-corrected chi connectivity index (χ3v) is 6.69. The summed E-state index contributed by atoms with van der Waals surface area (Å²) >= 11 is 0. The number of fused-ring (bicyclic) bond motifs is 2. The van der Waals surface area contributed by atoms with E-state index in [2.05, 4.69) is 51.1 Å². The van der Waals surface area contributed by atoms with Gasteiger partial charge < -0.3 is 4.74 Å². The number of carbonyl (C=O) groups excluding carboxylic acids is 2. The maximum absolute atomic E-state index is 13.3. The Bertz CT molecular complexity index is 1480. The fourth-order valence-electron chi connectivity index (χ4n) is 4.70. The van der Waals surface area contributed by atoms with Crippen molar-refractivity contribution in [1.29, 1.82) is 0 Å². The van der Waals surface area contributed by atoms with Crippen molar-refractivity contribution in [1.82, 2.24) is 4.98 Å². The number of rotatable bonds is 5. The lowest BCUT2D eigenvalue weighted by molar-refractivity contribution is 0.0475. The van der Waals surface area contributed by atoms with E-state index in [-0.39, 0.29) is 17.8 Å². The lowest BCUT2D eigenvalue weighted by Gasteiger charge is -2.18. The molecule has 4 nitrogen and oxygen atoms in total. The topological polar surface area (TPSA) is 56.3 Å². The monoisotopic (exact) mass is 475 g/mol. The number of aromatic nitrogens is 1. The number of nitrogens with zero attached hydrogens (tertiary/aromatic N) is 1. The largest absolute Gasteiger partial charge is 0.454 e. The van der Waals surface area contributed by atoms with Crippen molar-refractivity contribution >= 4 is 34.3 Å². The van der Waals surface area contributed by atoms with Crippen LogP contribution >= 0.6 is 0 Å². The molecule has 4 heteroatoms. The van der Waals surface area contributed by atoms with Gasteiger partial charge in [0.2, 0.25) is 0 Å². The maximum atomic E-state index is 13.3. The molecule has 4 aromatic rings. The Kier molecular flexibility index (Phi) is 6.27. The molecular weight excluding hydrogens is 446 g/mol. The maximum Gasteiger partial charge on any atom is 0.339 e. The van der Waals surface area contributed by atoms with Crippen LogP contribution in [0.1, 0.15) is 70.3 Å². The molecule has 0 atom stereocenters. The van der Waals surface area contributed by atoms with Crippen molar-refractivity contribution in [3.05, 3.63) is 112 Å². The summed E-state index contributed by atoms with van der Waals surface area (Å²) in [6, 6.07) is 25.1. The average molecular weight is 476 g/mol. The molecule has 0 radical (unpaired) electrons. The molecule has 180 valence electrons. The molecule has 0 saturated carbocycles. The van der Waals surface area contributed by atoms with Crippen LogP contribution in [0.15, 0.2) is 78.9 Å². The Balaban J connectivity index is 1.48. The van der Waals surface area contributed by atoms with Gasteiger partial charge in [-0.15, -0.1) is 0 Å². The summed E-state index contributed by atoms with van der Waals surface area (Å²) in [7, 11) is 0. The Morgan fingerprint density at radius 1 is 0.889 bits per heavy atom. The van der Waals surface area contributed by atoms with Gasteiger partial charge >= 0.3 is 5.97 Å². The zero-order valence-electron chi connectivity index (χ0n) is 20.9. The number of ether oxygens (including phenoxy) is 1. The van der Waals surface area contributed by atoms with Crippen LogP contribution in [0.4, 0.5) is 0 Å². The van der Waals surface area contributed by atoms with Gasteiger partial charge in [0.05, 0.1) is 16.8 Å². The number of allylic oxidation sites excluding steroid dienone is 1. The SMILES string of the molecule is CC(C)(C)c1ccc(C=C2CCc3c2nc2ccccc2c3C(=O)OCC(=O)c2ccccc2)cc1. The number of benzene rings is 3. The lowest BCUT2D eigenvalue weighted by Crippen LogP contribution is -2.16. The smallest absolute Gasteiger partial charge is 0.339 e. The molecule has 1 aliphatic rings. The second-order valence-electron chi connectivity index (χ2n) is 10.2. The summed E-state index contributed by atoms with van der Waals surface area (Å²) in [6.07, 6.45) is 3.66. The lowest BCUT2D eigenvalue weighted by atomic mass is 9.86. The van der Waals surface area contributed by atoms with Crippen LogP contribution in [0.3, 0.4) is 0 Å². The van der Waals surface area contributed by atoms with Crippen LogP contribution in [0.25, 0.3) is 22.6 Å². The zero-order valence-corrected chi connectivity index (χ0v) is 20.9. The predicted molar refractivity (Wildman–Crippen MR) is 144 cm³/mol. The van der Waals surface area contributed by atoms with Crippen molar-refractivity contribution in [2.24, 2.45) is 0 Å². The van der Waals surface area contributed by atoms with Crippen molar-refractivity contribution in [3.63, 3.8) is 0 Å². The molecule has 3 aromatic carbocycles. The molecule has 0 N–H and O–H groups in total. The first-order valence-corrected chi connectivity index (χ1v) is 12.3. The summed E-state index contributed by atoms with van der Waals surface area (Å²) in [5.41, 5.74) is 7.12. The van der Waals surface area contributed by atoms with Gasteiger partial charge in [-0.25, -0.2) is 9.78 Å². The number of hydrogen-bond donors (Lipinski definition) is 0. The second-order valence-corrected chi connectivity index (χ2v) is 10.2. The van der Waals surface area contributed by atoms with Gasteiger partial charge in [0.25, 0.3) is 0 Å². The van der Waals surface area contributed by atoms with E-state index in [1.165, 1.54) is 5.56 Å². The van der Waals surface area contributed by atoms with Gasteiger partial charge in [0.15, 0.2) is 12.4 Å². The van der Waals surface area contributed by atoms with Crippen LogP contribution in [0, 0.1) is 0 Å². The molecule has 0 aliphatic heterocycles. The summed E-state index contributed by atoms with van der Waals surface area (Å²) in [4.78, 5) is 30.8. The van der Waals surface area contributed by atoms with E-state index >= 15 is 0 Å². The zero-order chi connectivity index (χ0) is 25.3. The minimum atomic E-state index is -0.482. The van der Waals surface area contributed by atoms with Gasteiger partial charge in [-0.05, 0) is 52.7 Å². The Labute approximate surface area is 211 Å². The standard InChI is InChI=1S/C32H29NO3/c1-32(2,3)24-16-13-21(14-17-24)19-23-15-18-26-29(25-11-7-8-12-27(25)33-30(23)26)31(35)36-20-28(34)22-9-5-4-6-10-22/h4-14,16-17,19H,15,18,20H2,1-3H3. The van der Waals surface area contributed by atoms with E-state index in [0.29, 0.717) is 17.5 Å². The van der Waals surface area contributed by atoms with Crippen molar-refractivity contribution in [2.75, 3.05) is 6.61 Å². The summed E-state index contributed by atoms with van der Waals surface area (Å²) in [6.45, 7) is 6.32. The number of hydrogen-bond acceptors (Lipinski definition) is 4.